The van der Waals surface area contributed by atoms with Crippen LogP contribution in [0.5, 0.6) is 0 Å². The van der Waals surface area contributed by atoms with Crippen molar-refractivity contribution in [3.05, 3.63) is 0 Å². The van der Waals surface area contributed by atoms with Crippen LogP contribution in [-0.2, 0) is 9.84 Å². The summed E-state index contributed by atoms with van der Waals surface area (Å²) < 4.78 is 23.1. The monoisotopic (exact) mass is 315 g/mol. The summed E-state index contributed by atoms with van der Waals surface area (Å²) in [6.45, 7) is 7.10. The van der Waals surface area contributed by atoms with Gasteiger partial charge in [-0.3, -0.25) is 4.99 Å². The Hall–Kier alpha value is -0.780. The minimum atomic E-state index is -2.93. The van der Waals surface area contributed by atoms with Gasteiger partial charge in [-0.15, -0.1) is 0 Å². The molecule has 2 atom stereocenters. The molecule has 2 fully saturated rings. The van der Waals surface area contributed by atoms with Gasteiger partial charge in [-0.25, -0.2) is 8.42 Å². The highest BCUT2D eigenvalue weighted by Gasteiger charge is 2.35. The fourth-order valence-corrected chi connectivity index (χ4v) is 4.10. The third-order valence-corrected chi connectivity index (χ3v) is 6.40. The lowest BCUT2D eigenvalue weighted by molar-refractivity contribution is 0.299. The molecule has 0 aromatic heterocycles. The van der Waals surface area contributed by atoms with Crippen LogP contribution in [0.25, 0.3) is 0 Å². The number of rotatable bonds is 5. The molecule has 0 radical (unpaired) electrons. The number of nitrogens with zero attached hydrogens (tertiary/aromatic N) is 2. The van der Waals surface area contributed by atoms with Crippen molar-refractivity contribution in [2.75, 3.05) is 37.7 Å². The average molecular weight is 315 g/mol. The molecule has 0 aromatic carbocycles. The van der Waals surface area contributed by atoms with Crippen molar-refractivity contribution in [3.8, 4) is 0 Å². The summed E-state index contributed by atoms with van der Waals surface area (Å²) in [6, 6.07) is 0. The Morgan fingerprint density at radius 3 is 2.33 bits per heavy atom. The summed E-state index contributed by atoms with van der Waals surface area (Å²) in [4.78, 5) is 6.87. The van der Waals surface area contributed by atoms with E-state index >= 15 is 0 Å². The van der Waals surface area contributed by atoms with Crippen molar-refractivity contribution in [3.63, 3.8) is 0 Å². The number of hydrogen-bond donors (Lipinski definition) is 1. The number of hydrogen-bond acceptors (Lipinski definition) is 3. The molecular weight excluding hydrogens is 286 g/mol. The van der Waals surface area contributed by atoms with Crippen LogP contribution < -0.4 is 5.32 Å². The van der Waals surface area contributed by atoms with Crippen molar-refractivity contribution in [1.29, 1.82) is 0 Å². The molecule has 1 saturated heterocycles. The van der Waals surface area contributed by atoms with Gasteiger partial charge in [0.05, 0.1) is 12.3 Å². The Labute approximate surface area is 129 Å². The van der Waals surface area contributed by atoms with Crippen molar-refractivity contribution >= 4 is 15.8 Å². The molecule has 1 N–H and O–H groups in total. The lowest BCUT2D eigenvalue weighted by Crippen LogP contribution is -2.40. The van der Waals surface area contributed by atoms with Crippen LogP contribution in [0.1, 0.15) is 39.5 Å². The number of fused-ring (bicyclic) bond motifs is 1. The van der Waals surface area contributed by atoms with Gasteiger partial charge in [-0.1, -0.05) is 19.8 Å². The molecule has 2 aliphatic rings. The minimum Gasteiger partial charge on any atom is -0.357 e. The van der Waals surface area contributed by atoms with Gasteiger partial charge in [-0.2, -0.15) is 0 Å². The Morgan fingerprint density at radius 1 is 1.19 bits per heavy atom. The van der Waals surface area contributed by atoms with E-state index in [9.17, 15) is 8.42 Å². The average Bonchev–Trinajstić information content (AvgIpc) is 2.90. The summed E-state index contributed by atoms with van der Waals surface area (Å²) in [5.41, 5.74) is 0. The molecule has 0 bridgehead atoms. The second kappa shape index (κ2) is 7.47. The predicted octanol–water partition coefficient (Wildman–Crippen LogP) is 1.51. The SMILES string of the molecule is CCNC(=NCCS(=O)(=O)CC)N1CC2CCCCC2C1. The summed E-state index contributed by atoms with van der Waals surface area (Å²) in [5.74, 6) is 2.87. The molecule has 1 heterocycles. The Bertz CT molecular complexity index is 448. The molecule has 1 aliphatic heterocycles. The van der Waals surface area contributed by atoms with E-state index in [1.165, 1.54) is 25.7 Å². The van der Waals surface area contributed by atoms with Crippen molar-refractivity contribution in [2.24, 2.45) is 16.8 Å². The quantitative estimate of drug-likeness (QED) is 0.617. The molecule has 21 heavy (non-hydrogen) atoms. The topological polar surface area (TPSA) is 61.8 Å². The van der Waals surface area contributed by atoms with Crippen LogP contribution in [0.4, 0.5) is 0 Å². The van der Waals surface area contributed by atoms with Gasteiger partial charge in [0.2, 0.25) is 0 Å². The van der Waals surface area contributed by atoms with Gasteiger partial charge in [0.1, 0.15) is 0 Å². The number of nitrogens with one attached hydrogen (secondary N) is 1. The van der Waals surface area contributed by atoms with Crippen LogP contribution in [0.15, 0.2) is 4.99 Å². The van der Waals surface area contributed by atoms with E-state index < -0.39 is 9.84 Å². The first-order valence-electron chi connectivity index (χ1n) is 8.29. The predicted molar refractivity (Wildman–Crippen MR) is 87.3 cm³/mol. The zero-order valence-electron chi connectivity index (χ0n) is 13.3. The van der Waals surface area contributed by atoms with Crippen LogP contribution in [0.2, 0.25) is 0 Å². The third kappa shape index (κ3) is 4.59. The number of aliphatic imine (C=N–C) groups is 1. The largest absolute Gasteiger partial charge is 0.357 e. The first-order valence-corrected chi connectivity index (χ1v) is 10.1. The Kier molecular flexibility index (Phi) is 5.90. The first-order chi connectivity index (χ1) is 10.1. The van der Waals surface area contributed by atoms with Gasteiger partial charge >= 0.3 is 0 Å². The Morgan fingerprint density at radius 2 is 1.81 bits per heavy atom. The van der Waals surface area contributed by atoms with Crippen LogP contribution in [0, 0.1) is 11.8 Å². The molecule has 2 rings (SSSR count). The third-order valence-electron chi connectivity index (χ3n) is 4.71. The fraction of sp³-hybridized carbons (Fsp3) is 0.933. The highest BCUT2D eigenvalue weighted by molar-refractivity contribution is 7.91. The first kappa shape index (κ1) is 16.6. The van der Waals surface area contributed by atoms with Crippen molar-refractivity contribution < 1.29 is 8.42 Å². The molecule has 6 heteroatoms. The molecule has 122 valence electrons. The second-order valence-corrected chi connectivity index (χ2v) is 8.65. The van der Waals surface area contributed by atoms with Crippen LogP contribution >= 0.6 is 0 Å². The van der Waals surface area contributed by atoms with E-state index in [0.29, 0.717) is 6.54 Å². The standard InChI is InChI=1S/C15H29N3O2S/c1-3-16-15(17-9-10-21(19,20)4-2)18-11-13-7-5-6-8-14(13)12-18/h13-14H,3-12H2,1-2H3,(H,16,17). The Balaban J connectivity index is 1.95. The van der Waals surface area contributed by atoms with Gasteiger partial charge in [0.25, 0.3) is 0 Å². The normalized spacial score (nSPS) is 26.8. The highest BCUT2D eigenvalue weighted by Crippen LogP contribution is 2.35. The van der Waals surface area contributed by atoms with E-state index in [2.05, 4.69) is 22.1 Å². The van der Waals surface area contributed by atoms with E-state index in [0.717, 1.165) is 37.4 Å². The maximum atomic E-state index is 11.6. The van der Waals surface area contributed by atoms with Crippen LogP contribution in [-0.4, -0.2) is 57.0 Å². The zero-order chi connectivity index (χ0) is 15.3. The summed E-state index contributed by atoms with van der Waals surface area (Å²) in [5, 5.41) is 3.32. The lowest BCUT2D eigenvalue weighted by Gasteiger charge is -2.22. The molecular formula is C15H29N3O2S. The van der Waals surface area contributed by atoms with E-state index in [4.69, 9.17) is 0 Å². The van der Waals surface area contributed by atoms with E-state index in [-0.39, 0.29) is 11.5 Å². The summed E-state index contributed by atoms with van der Waals surface area (Å²) in [6.07, 6.45) is 5.39. The van der Waals surface area contributed by atoms with Crippen molar-refractivity contribution in [2.45, 2.75) is 39.5 Å². The zero-order valence-corrected chi connectivity index (χ0v) is 14.2. The van der Waals surface area contributed by atoms with Gasteiger partial charge in [0.15, 0.2) is 15.8 Å². The smallest absolute Gasteiger partial charge is 0.193 e. The van der Waals surface area contributed by atoms with E-state index in [1.807, 2.05) is 0 Å². The van der Waals surface area contributed by atoms with Gasteiger partial charge in [0, 0.05) is 25.4 Å². The maximum absolute atomic E-state index is 11.6. The lowest BCUT2D eigenvalue weighted by atomic mass is 9.82. The van der Waals surface area contributed by atoms with Gasteiger partial charge < -0.3 is 10.2 Å². The summed E-state index contributed by atoms with van der Waals surface area (Å²) >= 11 is 0. The van der Waals surface area contributed by atoms with Crippen LogP contribution in [0.3, 0.4) is 0 Å². The number of guanidine groups is 1. The maximum Gasteiger partial charge on any atom is 0.193 e. The molecule has 1 saturated carbocycles. The highest BCUT2D eigenvalue weighted by atomic mass is 32.2. The number of likely N-dealkylation sites (tertiary alicyclic amines) is 1. The van der Waals surface area contributed by atoms with Gasteiger partial charge in [-0.05, 0) is 31.6 Å². The van der Waals surface area contributed by atoms with E-state index in [1.54, 1.807) is 6.92 Å². The molecule has 1 aliphatic carbocycles. The molecule has 5 nitrogen and oxygen atoms in total. The summed E-state index contributed by atoms with van der Waals surface area (Å²) in [7, 11) is -2.93. The molecule has 0 aromatic rings. The molecule has 0 spiro atoms. The minimum absolute atomic E-state index is 0.152. The second-order valence-electron chi connectivity index (χ2n) is 6.18. The molecule has 2 unspecified atom stereocenters. The fourth-order valence-electron chi connectivity index (χ4n) is 3.44. The number of sulfone groups is 1. The van der Waals surface area contributed by atoms with Crippen molar-refractivity contribution in [1.82, 2.24) is 10.2 Å². The molecule has 0 amide bonds.